The first-order valence-corrected chi connectivity index (χ1v) is 10.2. The van der Waals surface area contributed by atoms with E-state index in [1.807, 2.05) is 0 Å². The third kappa shape index (κ3) is 5.68. The number of halogens is 3. The van der Waals surface area contributed by atoms with Crippen LogP contribution in [-0.2, 0) is 17.9 Å². The number of amides is 1. The van der Waals surface area contributed by atoms with Gasteiger partial charge >= 0.3 is 0 Å². The monoisotopic (exact) mass is 437 g/mol. The van der Waals surface area contributed by atoms with Gasteiger partial charge in [0, 0.05) is 56.9 Å². The number of rotatable bonds is 7. The number of hydrogen-bond acceptors (Lipinski definition) is 4. The van der Waals surface area contributed by atoms with Gasteiger partial charge in [-0.05, 0) is 29.8 Å². The van der Waals surface area contributed by atoms with Gasteiger partial charge in [0.25, 0.3) is 0 Å². The van der Waals surface area contributed by atoms with Crippen molar-refractivity contribution in [3.8, 4) is 5.75 Å². The zero-order valence-electron chi connectivity index (χ0n) is 17.2. The van der Waals surface area contributed by atoms with Crippen LogP contribution in [0.4, 0.5) is 8.78 Å². The van der Waals surface area contributed by atoms with Crippen LogP contribution >= 0.6 is 11.6 Å². The summed E-state index contributed by atoms with van der Waals surface area (Å²) in [4.78, 5) is 18.4. The van der Waals surface area contributed by atoms with E-state index in [4.69, 9.17) is 16.3 Å². The molecule has 1 fully saturated rings. The van der Waals surface area contributed by atoms with Gasteiger partial charge < -0.3 is 9.64 Å². The van der Waals surface area contributed by atoms with Crippen LogP contribution in [0.2, 0.25) is 5.02 Å². The molecule has 0 radical (unpaired) electrons. The molecule has 162 valence electrons. The van der Waals surface area contributed by atoms with E-state index in [1.165, 1.54) is 19.2 Å². The van der Waals surface area contributed by atoms with Crippen molar-refractivity contribution in [2.45, 2.75) is 13.1 Å². The van der Waals surface area contributed by atoms with E-state index >= 15 is 0 Å². The summed E-state index contributed by atoms with van der Waals surface area (Å²) in [5.74, 6) is -0.585. The number of benzene rings is 2. The van der Waals surface area contributed by atoms with E-state index in [-0.39, 0.29) is 17.5 Å². The number of carbonyl (C=O) groups excluding carboxylic acids is 1. The van der Waals surface area contributed by atoms with Crippen LogP contribution in [0.5, 0.6) is 5.75 Å². The molecule has 1 amide bonds. The fourth-order valence-corrected chi connectivity index (χ4v) is 3.72. The van der Waals surface area contributed by atoms with Crippen LogP contribution in [0, 0.1) is 11.6 Å². The van der Waals surface area contributed by atoms with E-state index in [0.29, 0.717) is 48.9 Å². The second-order valence-electron chi connectivity index (χ2n) is 7.47. The minimum atomic E-state index is -0.443. The third-order valence-electron chi connectivity index (χ3n) is 5.33. The second kappa shape index (κ2) is 10.2. The summed E-state index contributed by atoms with van der Waals surface area (Å²) in [7, 11) is 3.12. The topological polar surface area (TPSA) is 36.0 Å². The fourth-order valence-electron chi connectivity index (χ4n) is 3.49. The van der Waals surface area contributed by atoms with Crippen LogP contribution in [0.15, 0.2) is 36.4 Å². The van der Waals surface area contributed by atoms with Gasteiger partial charge in [-0.25, -0.2) is 8.78 Å². The lowest BCUT2D eigenvalue weighted by Gasteiger charge is -2.35. The fraction of sp³-hybridized carbons (Fsp3) is 0.409. The quantitative estimate of drug-likeness (QED) is 0.665. The molecule has 3 rings (SSSR count). The minimum absolute atomic E-state index is 0.0307. The second-order valence-corrected chi connectivity index (χ2v) is 7.88. The van der Waals surface area contributed by atoms with E-state index in [1.54, 1.807) is 36.2 Å². The molecule has 2 aromatic carbocycles. The Morgan fingerprint density at radius 2 is 1.80 bits per heavy atom. The van der Waals surface area contributed by atoms with Gasteiger partial charge in [0.2, 0.25) is 5.91 Å². The van der Waals surface area contributed by atoms with Crippen LogP contribution in [-0.4, -0.2) is 67.5 Å². The molecule has 1 aliphatic rings. The van der Waals surface area contributed by atoms with E-state index in [0.717, 1.165) is 13.1 Å². The molecule has 1 heterocycles. The first kappa shape index (κ1) is 22.5. The van der Waals surface area contributed by atoms with E-state index in [2.05, 4.69) is 9.80 Å². The lowest BCUT2D eigenvalue weighted by Crippen LogP contribution is -2.49. The van der Waals surface area contributed by atoms with Crippen molar-refractivity contribution < 1.29 is 18.3 Å². The number of ether oxygens (including phenoxy) is 1. The minimum Gasteiger partial charge on any atom is -0.494 e. The van der Waals surface area contributed by atoms with Gasteiger partial charge in [-0.15, -0.1) is 0 Å². The molecule has 0 unspecified atom stereocenters. The average molecular weight is 438 g/mol. The summed E-state index contributed by atoms with van der Waals surface area (Å²) in [6.07, 6.45) is 0. The Kier molecular flexibility index (Phi) is 7.64. The Labute approximate surface area is 180 Å². The Hall–Kier alpha value is -2.22. The summed E-state index contributed by atoms with van der Waals surface area (Å²) in [5, 5.41) is 0.434. The maximum Gasteiger partial charge on any atom is 0.236 e. The van der Waals surface area contributed by atoms with Crippen molar-refractivity contribution in [1.82, 2.24) is 14.7 Å². The Balaban J connectivity index is 1.47. The molecule has 2 aromatic rings. The van der Waals surface area contributed by atoms with Crippen molar-refractivity contribution in [2.75, 3.05) is 46.9 Å². The summed E-state index contributed by atoms with van der Waals surface area (Å²) in [6.45, 7) is 3.95. The zero-order valence-corrected chi connectivity index (χ0v) is 18.0. The molecule has 0 atom stereocenters. The third-order valence-corrected chi connectivity index (χ3v) is 5.68. The largest absolute Gasteiger partial charge is 0.494 e. The van der Waals surface area contributed by atoms with Crippen LogP contribution in [0.25, 0.3) is 0 Å². The Bertz CT molecular complexity index is 868. The number of piperazine rings is 1. The zero-order chi connectivity index (χ0) is 21.7. The summed E-state index contributed by atoms with van der Waals surface area (Å²) in [6, 6.07) is 9.40. The SMILES string of the molecule is COc1ccc(CN(C)C(=O)CN2CCN(Cc3c(F)cccc3Cl)CC2)cc1F. The highest BCUT2D eigenvalue weighted by Gasteiger charge is 2.22. The number of carbonyl (C=O) groups is 1. The van der Waals surface area contributed by atoms with Gasteiger partial charge in [0.1, 0.15) is 5.82 Å². The molecule has 0 aliphatic carbocycles. The number of likely N-dealkylation sites (N-methyl/N-ethyl adjacent to an activating group) is 1. The smallest absolute Gasteiger partial charge is 0.236 e. The molecule has 0 saturated carbocycles. The van der Waals surface area contributed by atoms with Gasteiger partial charge in [0.05, 0.1) is 13.7 Å². The van der Waals surface area contributed by atoms with E-state index in [9.17, 15) is 13.6 Å². The summed E-state index contributed by atoms with van der Waals surface area (Å²) in [5.41, 5.74) is 1.21. The first-order chi connectivity index (χ1) is 14.4. The molecule has 30 heavy (non-hydrogen) atoms. The van der Waals surface area contributed by atoms with Crippen molar-refractivity contribution in [3.63, 3.8) is 0 Å². The van der Waals surface area contributed by atoms with Gasteiger partial charge in [0.15, 0.2) is 11.6 Å². The van der Waals surface area contributed by atoms with Crippen LogP contribution in [0.1, 0.15) is 11.1 Å². The van der Waals surface area contributed by atoms with Gasteiger partial charge in [-0.3, -0.25) is 14.6 Å². The Morgan fingerprint density at radius 3 is 2.43 bits per heavy atom. The predicted molar refractivity (Wildman–Crippen MR) is 113 cm³/mol. The number of hydrogen-bond donors (Lipinski definition) is 0. The molecule has 0 N–H and O–H groups in total. The maximum absolute atomic E-state index is 14.0. The Morgan fingerprint density at radius 1 is 1.10 bits per heavy atom. The van der Waals surface area contributed by atoms with Crippen molar-refractivity contribution >= 4 is 17.5 Å². The van der Waals surface area contributed by atoms with Crippen molar-refractivity contribution in [1.29, 1.82) is 0 Å². The summed E-state index contributed by atoms with van der Waals surface area (Å²) >= 11 is 6.12. The van der Waals surface area contributed by atoms with Crippen molar-refractivity contribution in [2.24, 2.45) is 0 Å². The lowest BCUT2D eigenvalue weighted by molar-refractivity contribution is -0.132. The molecule has 1 saturated heterocycles. The molecule has 5 nitrogen and oxygen atoms in total. The molecule has 8 heteroatoms. The maximum atomic E-state index is 14.0. The van der Waals surface area contributed by atoms with Crippen LogP contribution in [0.3, 0.4) is 0 Å². The molecule has 0 spiro atoms. The van der Waals surface area contributed by atoms with Crippen molar-refractivity contribution in [3.05, 3.63) is 64.2 Å². The average Bonchev–Trinajstić information content (AvgIpc) is 2.72. The first-order valence-electron chi connectivity index (χ1n) is 9.81. The highest BCUT2D eigenvalue weighted by atomic mass is 35.5. The van der Waals surface area contributed by atoms with Gasteiger partial charge in [-0.2, -0.15) is 0 Å². The molecule has 0 aromatic heterocycles. The number of nitrogens with zero attached hydrogens (tertiary/aromatic N) is 3. The highest BCUT2D eigenvalue weighted by Crippen LogP contribution is 2.21. The lowest BCUT2D eigenvalue weighted by atomic mass is 10.1. The van der Waals surface area contributed by atoms with E-state index < -0.39 is 5.82 Å². The highest BCUT2D eigenvalue weighted by molar-refractivity contribution is 6.31. The molecule has 1 aliphatic heterocycles. The van der Waals surface area contributed by atoms with Gasteiger partial charge in [-0.1, -0.05) is 23.7 Å². The normalized spacial score (nSPS) is 15.2. The van der Waals surface area contributed by atoms with Crippen LogP contribution < -0.4 is 4.74 Å². The molecular formula is C22H26ClF2N3O2. The standard InChI is InChI=1S/C22H26ClF2N3O2/c1-26(13-16-6-7-21(30-2)20(25)12-16)22(29)15-28-10-8-27(9-11-28)14-17-18(23)4-3-5-19(17)24/h3-7,12H,8-11,13-15H2,1-2H3. The molecular weight excluding hydrogens is 412 g/mol. The number of methoxy groups -OCH3 is 1. The molecule has 0 bridgehead atoms. The predicted octanol–water partition coefficient (Wildman–Crippen LogP) is 3.40. The summed E-state index contributed by atoms with van der Waals surface area (Å²) < 4.78 is 32.7.